The molecule has 0 fully saturated rings. The van der Waals surface area contributed by atoms with Crippen molar-refractivity contribution in [1.29, 1.82) is 0 Å². The van der Waals surface area contributed by atoms with Gasteiger partial charge in [-0.25, -0.2) is 4.79 Å². The molecule has 1 N–H and O–H groups in total. The minimum absolute atomic E-state index is 0.0418. The number of anilines is 1. The highest BCUT2D eigenvalue weighted by molar-refractivity contribution is 5.92. The summed E-state index contributed by atoms with van der Waals surface area (Å²) in [5.41, 5.74) is 1.63. The lowest BCUT2D eigenvalue weighted by Crippen LogP contribution is -2.45. The molecule has 0 saturated heterocycles. The number of benzene rings is 1. The van der Waals surface area contributed by atoms with Gasteiger partial charge in [-0.1, -0.05) is 0 Å². The summed E-state index contributed by atoms with van der Waals surface area (Å²) in [6, 6.07) is 10.6. The molecular weight excluding hydrogens is 412 g/mol. The quantitative estimate of drug-likeness (QED) is 0.478. The Morgan fingerprint density at radius 2 is 1.69 bits per heavy atom. The molecule has 1 aromatic heterocycles. The molecule has 176 valence electrons. The van der Waals surface area contributed by atoms with Crippen LogP contribution in [0.15, 0.2) is 42.6 Å². The Kier molecular flexibility index (Phi) is 10.6. The van der Waals surface area contributed by atoms with Crippen molar-refractivity contribution >= 4 is 17.6 Å². The van der Waals surface area contributed by atoms with Crippen LogP contribution in [0.2, 0.25) is 0 Å². The first-order valence-corrected chi connectivity index (χ1v) is 10.5. The second-order valence-electron chi connectivity index (χ2n) is 7.35. The van der Waals surface area contributed by atoms with Crippen LogP contribution >= 0.6 is 0 Å². The number of hydrogen-bond donors (Lipinski definition) is 1. The van der Waals surface area contributed by atoms with Gasteiger partial charge in [-0.3, -0.25) is 4.79 Å². The number of methoxy groups -OCH3 is 3. The van der Waals surface area contributed by atoms with Gasteiger partial charge in [-0.2, -0.15) is 0 Å². The van der Waals surface area contributed by atoms with E-state index in [4.69, 9.17) is 14.2 Å². The zero-order valence-corrected chi connectivity index (χ0v) is 19.4. The molecule has 0 saturated carbocycles. The summed E-state index contributed by atoms with van der Waals surface area (Å²) in [6.07, 6.45) is 2.56. The van der Waals surface area contributed by atoms with Crippen LogP contribution in [0.4, 0.5) is 10.5 Å². The predicted molar refractivity (Wildman–Crippen MR) is 123 cm³/mol. The molecule has 0 bridgehead atoms. The minimum Gasteiger partial charge on any atom is -0.497 e. The molecule has 9 nitrogen and oxygen atoms in total. The standard InChI is InChI=1S/C23H34N4O5/c1-25-12-5-7-20(25)17-26(14-16-31-3)22(28)18-27(13-6-15-30-2)23(29)24-19-8-10-21(32-4)11-9-19/h5,7-12H,6,13-18H2,1-4H3,(H,24,29). The monoisotopic (exact) mass is 446 g/mol. The average molecular weight is 447 g/mol. The normalized spacial score (nSPS) is 10.6. The third-order valence-electron chi connectivity index (χ3n) is 5.05. The van der Waals surface area contributed by atoms with Crippen LogP contribution in [-0.2, 0) is 27.9 Å². The summed E-state index contributed by atoms with van der Waals surface area (Å²) < 4.78 is 17.4. The topological polar surface area (TPSA) is 85.3 Å². The van der Waals surface area contributed by atoms with Crippen molar-refractivity contribution in [2.75, 3.05) is 59.5 Å². The van der Waals surface area contributed by atoms with E-state index >= 15 is 0 Å². The number of carbonyl (C=O) groups excluding carboxylic acids is 2. The molecule has 1 heterocycles. The Hall–Kier alpha value is -3.04. The Labute approximate surface area is 189 Å². The average Bonchev–Trinajstić information content (AvgIpc) is 3.20. The Morgan fingerprint density at radius 3 is 2.28 bits per heavy atom. The molecule has 0 aliphatic carbocycles. The van der Waals surface area contributed by atoms with Gasteiger partial charge in [-0.05, 0) is 42.8 Å². The molecule has 32 heavy (non-hydrogen) atoms. The summed E-state index contributed by atoms with van der Waals surface area (Å²) in [5, 5.41) is 2.85. The van der Waals surface area contributed by atoms with Gasteiger partial charge in [-0.15, -0.1) is 0 Å². The maximum absolute atomic E-state index is 13.2. The largest absolute Gasteiger partial charge is 0.497 e. The van der Waals surface area contributed by atoms with Gasteiger partial charge in [0.1, 0.15) is 12.3 Å². The van der Waals surface area contributed by atoms with Gasteiger partial charge in [0.15, 0.2) is 0 Å². The summed E-state index contributed by atoms with van der Waals surface area (Å²) in [7, 11) is 6.74. The summed E-state index contributed by atoms with van der Waals surface area (Å²) >= 11 is 0. The van der Waals surface area contributed by atoms with E-state index in [1.54, 1.807) is 50.5 Å². The number of urea groups is 1. The molecule has 3 amide bonds. The first-order valence-electron chi connectivity index (χ1n) is 10.5. The third-order valence-corrected chi connectivity index (χ3v) is 5.05. The number of hydrogen-bond acceptors (Lipinski definition) is 5. The van der Waals surface area contributed by atoms with Crippen molar-refractivity contribution in [2.45, 2.75) is 13.0 Å². The lowest BCUT2D eigenvalue weighted by molar-refractivity contribution is -0.133. The van der Waals surface area contributed by atoms with Crippen LogP contribution in [0.1, 0.15) is 12.1 Å². The van der Waals surface area contributed by atoms with Crippen LogP contribution < -0.4 is 10.1 Å². The fraction of sp³-hybridized carbons (Fsp3) is 0.478. The van der Waals surface area contributed by atoms with Crippen LogP contribution in [0.25, 0.3) is 0 Å². The smallest absolute Gasteiger partial charge is 0.322 e. The van der Waals surface area contributed by atoms with Crippen LogP contribution in [0.5, 0.6) is 5.75 Å². The number of aryl methyl sites for hydroxylation is 1. The van der Waals surface area contributed by atoms with E-state index in [1.165, 1.54) is 4.90 Å². The number of amides is 3. The maximum atomic E-state index is 13.2. The molecule has 2 rings (SSSR count). The molecule has 9 heteroatoms. The number of rotatable bonds is 13. The zero-order valence-electron chi connectivity index (χ0n) is 19.4. The van der Waals surface area contributed by atoms with Crippen molar-refractivity contribution in [2.24, 2.45) is 7.05 Å². The number of ether oxygens (including phenoxy) is 3. The van der Waals surface area contributed by atoms with Crippen LogP contribution in [0.3, 0.4) is 0 Å². The molecule has 0 radical (unpaired) electrons. The van der Waals surface area contributed by atoms with Crippen molar-refractivity contribution in [3.63, 3.8) is 0 Å². The van der Waals surface area contributed by atoms with Crippen molar-refractivity contribution in [3.05, 3.63) is 48.3 Å². The first kappa shape index (κ1) is 25.2. The van der Waals surface area contributed by atoms with Gasteiger partial charge in [0.2, 0.25) is 5.91 Å². The summed E-state index contributed by atoms with van der Waals surface area (Å²) in [4.78, 5) is 29.3. The molecule has 0 aliphatic rings. The fourth-order valence-electron chi connectivity index (χ4n) is 3.14. The van der Waals surface area contributed by atoms with E-state index in [0.717, 1.165) is 5.69 Å². The Morgan fingerprint density at radius 1 is 0.969 bits per heavy atom. The lowest BCUT2D eigenvalue weighted by Gasteiger charge is -2.28. The van der Waals surface area contributed by atoms with Gasteiger partial charge >= 0.3 is 6.03 Å². The third kappa shape index (κ3) is 7.90. The second kappa shape index (κ2) is 13.4. The molecule has 0 aliphatic heterocycles. The highest BCUT2D eigenvalue weighted by Gasteiger charge is 2.22. The molecule has 0 atom stereocenters. The number of nitrogens with one attached hydrogen (secondary N) is 1. The molecule has 1 aromatic carbocycles. The highest BCUT2D eigenvalue weighted by atomic mass is 16.5. The van der Waals surface area contributed by atoms with Crippen molar-refractivity contribution < 1.29 is 23.8 Å². The van der Waals surface area contributed by atoms with E-state index in [-0.39, 0.29) is 18.5 Å². The lowest BCUT2D eigenvalue weighted by atomic mass is 10.3. The van der Waals surface area contributed by atoms with Crippen LogP contribution in [-0.4, -0.2) is 80.5 Å². The number of carbonyl (C=O) groups is 2. The van der Waals surface area contributed by atoms with Gasteiger partial charge in [0.05, 0.1) is 20.3 Å². The fourth-order valence-corrected chi connectivity index (χ4v) is 3.14. The van der Waals surface area contributed by atoms with E-state index in [9.17, 15) is 9.59 Å². The predicted octanol–water partition coefficient (Wildman–Crippen LogP) is 2.58. The number of nitrogens with zero attached hydrogens (tertiary/aromatic N) is 3. The van der Waals surface area contributed by atoms with E-state index in [1.807, 2.05) is 29.9 Å². The summed E-state index contributed by atoms with van der Waals surface area (Å²) in [6.45, 7) is 2.14. The van der Waals surface area contributed by atoms with E-state index in [0.29, 0.717) is 50.7 Å². The SMILES string of the molecule is COCCCN(CC(=O)N(CCOC)Cc1cccn1C)C(=O)Nc1ccc(OC)cc1. The highest BCUT2D eigenvalue weighted by Crippen LogP contribution is 2.16. The van der Waals surface area contributed by atoms with Gasteiger partial charge < -0.3 is 33.9 Å². The first-order chi connectivity index (χ1) is 15.5. The van der Waals surface area contributed by atoms with E-state index in [2.05, 4.69) is 5.32 Å². The Balaban J connectivity index is 2.09. The molecule has 0 unspecified atom stereocenters. The van der Waals surface area contributed by atoms with Crippen molar-refractivity contribution in [3.8, 4) is 5.75 Å². The summed E-state index contributed by atoms with van der Waals surface area (Å²) in [5.74, 6) is 0.551. The maximum Gasteiger partial charge on any atom is 0.322 e. The minimum atomic E-state index is -0.342. The van der Waals surface area contributed by atoms with Crippen LogP contribution in [0, 0.1) is 0 Å². The van der Waals surface area contributed by atoms with E-state index < -0.39 is 0 Å². The van der Waals surface area contributed by atoms with Crippen molar-refractivity contribution in [1.82, 2.24) is 14.4 Å². The zero-order chi connectivity index (χ0) is 23.3. The molecule has 0 spiro atoms. The Bertz CT molecular complexity index is 837. The van der Waals surface area contributed by atoms with Gasteiger partial charge in [0, 0.05) is 58.5 Å². The van der Waals surface area contributed by atoms with Gasteiger partial charge in [0.25, 0.3) is 0 Å². The molecular formula is C23H34N4O5. The second-order valence-corrected chi connectivity index (χ2v) is 7.35. The molecule has 2 aromatic rings. The number of aromatic nitrogens is 1.